The second-order valence-corrected chi connectivity index (χ2v) is 7.62. The molecule has 3 aromatic rings. The van der Waals surface area contributed by atoms with E-state index in [1.165, 1.54) is 17.5 Å². The summed E-state index contributed by atoms with van der Waals surface area (Å²) in [5, 5.41) is 4.01. The Morgan fingerprint density at radius 1 is 1.14 bits per heavy atom. The summed E-state index contributed by atoms with van der Waals surface area (Å²) >= 11 is 0. The number of hydrogen-bond acceptors (Lipinski definition) is 4. The van der Waals surface area contributed by atoms with E-state index >= 15 is 0 Å². The summed E-state index contributed by atoms with van der Waals surface area (Å²) in [7, 11) is 0. The lowest BCUT2D eigenvalue weighted by Crippen LogP contribution is -2.25. The highest BCUT2D eigenvalue weighted by Crippen LogP contribution is 2.30. The van der Waals surface area contributed by atoms with Crippen LogP contribution in [0.1, 0.15) is 28.7 Å². The monoisotopic (exact) mass is 390 g/mol. The molecule has 0 bridgehead atoms. The molecule has 1 fully saturated rings. The van der Waals surface area contributed by atoms with Gasteiger partial charge in [-0.25, -0.2) is 4.79 Å². The minimum absolute atomic E-state index is 0.0563. The van der Waals surface area contributed by atoms with Crippen LogP contribution in [0.2, 0.25) is 0 Å². The molecule has 1 aliphatic heterocycles. The number of cyclic esters (lactones) is 1. The van der Waals surface area contributed by atoms with Gasteiger partial charge in [-0.15, -0.1) is 0 Å². The summed E-state index contributed by atoms with van der Waals surface area (Å²) < 4.78 is 10.7. The van der Waals surface area contributed by atoms with E-state index in [2.05, 4.69) is 17.4 Å². The molecule has 0 saturated carbocycles. The Bertz CT molecular complexity index is 1100. The average Bonchev–Trinajstić information content (AvgIpc) is 3.45. The number of ether oxygens (including phenoxy) is 1. The van der Waals surface area contributed by atoms with Gasteiger partial charge < -0.3 is 14.5 Å². The van der Waals surface area contributed by atoms with Crippen molar-refractivity contribution in [3.8, 4) is 0 Å². The van der Waals surface area contributed by atoms with Crippen LogP contribution in [0.4, 0.5) is 10.5 Å². The quantitative estimate of drug-likeness (QED) is 0.720. The van der Waals surface area contributed by atoms with Crippen molar-refractivity contribution in [3.05, 3.63) is 64.9 Å². The predicted octanol–water partition coefficient (Wildman–Crippen LogP) is 3.74. The van der Waals surface area contributed by atoms with Crippen molar-refractivity contribution in [1.29, 1.82) is 0 Å². The van der Waals surface area contributed by atoms with E-state index in [9.17, 15) is 9.59 Å². The highest BCUT2D eigenvalue weighted by atomic mass is 16.6. The molecule has 6 heteroatoms. The van der Waals surface area contributed by atoms with E-state index in [1.807, 2.05) is 24.3 Å². The molecule has 0 atom stereocenters. The number of benzene rings is 2. The Kier molecular flexibility index (Phi) is 4.46. The fourth-order valence-electron chi connectivity index (χ4n) is 4.18. The summed E-state index contributed by atoms with van der Waals surface area (Å²) in [6.07, 6.45) is 5.04. The third kappa shape index (κ3) is 3.46. The van der Waals surface area contributed by atoms with Crippen LogP contribution in [0.25, 0.3) is 11.0 Å². The molecule has 1 aromatic heterocycles. The predicted molar refractivity (Wildman–Crippen MR) is 109 cm³/mol. The van der Waals surface area contributed by atoms with Gasteiger partial charge in [0.15, 0.2) is 0 Å². The molecule has 2 aromatic carbocycles. The van der Waals surface area contributed by atoms with Crippen molar-refractivity contribution in [3.63, 3.8) is 0 Å². The number of amides is 2. The molecule has 0 unspecified atom stereocenters. The summed E-state index contributed by atoms with van der Waals surface area (Å²) in [4.78, 5) is 25.8. The molecule has 1 aliphatic carbocycles. The number of carbonyl (C=O) groups excluding carboxylic acids is 2. The van der Waals surface area contributed by atoms with E-state index < -0.39 is 0 Å². The van der Waals surface area contributed by atoms with Crippen LogP contribution < -0.4 is 10.2 Å². The summed E-state index contributed by atoms with van der Waals surface area (Å²) in [6.45, 7) is 1.36. The number of hydrogen-bond donors (Lipinski definition) is 1. The molecule has 2 amide bonds. The fraction of sp³-hybridized carbons (Fsp3) is 0.304. The first-order valence-corrected chi connectivity index (χ1v) is 9.99. The number of fused-ring (bicyclic) bond motifs is 2. The first-order chi connectivity index (χ1) is 14.2. The van der Waals surface area contributed by atoms with Crippen LogP contribution in [0.15, 0.2) is 47.1 Å². The van der Waals surface area contributed by atoms with Crippen LogP contribution in [0, 0.1) is 0 Å². The molecule has 2 aliphatic rings. The first kappa shape index (κ1) is 17.8. The van der Waals surface area contributed by atoms with Crippen molar-refractivity contribution >= 4 is 28.7 Å². The number of nitrogens with zero attached hydrogens (tertiary/aromatic N) is 1. The number of rotatable bonds is 5. The Hall–Kier alpha value is -3.28. The lowest BCUT2D eigenvalue weighted by atomic mass is 10.0. The molecule has 6 nitrogen and oxygen atoms in total. The van der Waals surface area contributed by atoms with E-state index in [-0.39, 0.29) is 18.4 Å². The molecule has 148 valence electrons. The normalized spacial score (nSPS) is 15.6. The SMILES string of the molecule is O=C(Cc1coc2cc3c(cc12)CCC3)NCc1cccc(N2CCOC2=O)c1. The number of furan rings is 1. The van der Waals surface area contributed by atoms with E-state index in [0.29, 0.717) is 19.7 Å². The van der Waals surface area contributed by atoms with Gasteiger partial charge in [0.2, 0.25) is 5.91 Å². The Labute approximate surface area is 168 Å². The van der Waals surface area contributed by atoms with Crippen LogP contribution in [-0.2, 0) is 35.3 Å². The van der Waals surface area contributed by atoms with Gasteiger partial charge in [-0.1, -0.05) is 12.1 Å². The second-order valence-electron chi connectivity index (χ2n) is 7.62. The van der Waals surface area contributed by atoms with Gasteiger partial charge in [-0.3, -0.25) is 9.69 Å². The van der Waals surface area contributed by atoms with Gasteiger partial charge in [0.25, 0.3) is 0 Å². The molecular weight excluding hydrogens is 368 g/mol. The van der Waals surface area contributed by atoms with E-state index in [0.717, 1.165) is 40.6 Å². The summed E-state index contributed by atoms with van der Waals surface area (Å²) in [5.41, 5.74) is 6.24. The van der Waals surface area contributed by atoms with Gasteiger partial charge >= 0.3 is 6.09 Å². The third-order valence-electron chi connectivity index (χ3n) is 5.69. The lowest BCUT2D eigenvalue weighted by Gasteiger charge is -2.14. The Morgan fingerprint density at radius 3 is 2.83 bits per heavy atom. The van der Waals surface area contributed by atoms with Gasteiger partial charge in [0.05, 0.1) is 19.2 Å². The Morgan fingerprint density at radius 2 is 2.00 bits per heavy atom. The molecule has 1 saturated heterocycles. The van der Waals surface area contributed by atoms with Gasteiger partial charge in [-0.2, -0.15) is 0 Å². The molecule has 2 heterocycles. The molecule has 0 spiro atoms. The van der Waals surface area contributed by atoms with Crippen LogP contribution in [0.5, 0.6) is 0 Å². The zero-order valence-corrected chi connectivity index (χ0v) is 16.1. The maximum absolute atomic E-state index is 12.5. The number of carbonyl (C=O) groups is 2. The molecule has 29 heavy (non-hydrogen) atoms. The molecular formula is C23H22N2O4. The maximum Gasteiger partial charge on any atom is 0.414 e. The highest BCUT2D eigenvalue weighted by molar-refractivity contribution is 5.90. The Balaban J connectivity index is 1.25. The van der Waals surface area contributed by atoms with Gasteiger partial charge in [0.1, 0.15) is 12.2 Å². The van der Waals surface area contributed by atoms with Crippen molar-refractivity contribution in [2.75, 3.05) is 18.1 Å². The molecule has 5 rings (SSSR count). The highest BCUT2D eigenvalue weighted by Gasteiger charge is 2.23. The van der Waals surface area contributed by atoms with Crippen molar-refractivity contribution < 1.29 is 18.7 Å². The third-order valence-corrected chi connectivity index (χ3v) is 5.69. The summed E-state index contributed by atoms with van der Waals surface area (Å²) in [5.74, 6) is -0.0563. The number of aryl methyl sites for hydroxylation is 2. The van der Waals surface area contributed by atoms with Crippen molar-refractivity contribution in [1.82, 2.24) is 5.32 Å². The molecule has 0 radical (unpaired) electrons. The fourth-order valence-corrected chi connectivity index (χ4v) is 4.18. The standard InChI is InChI=1S/C23H22N2O4/c26-22(12-18-14-29-21-11-17-5-2-4-16(17)10-20(18)21)24-13-15-3-1-6-19(9-15)25-7-8-28-23(25)27/h1,3,6,9-11,14H,2,4-5,7-8,12-13H2,(H,24,26). The number of nitrogens with one attached hydrogen (secondary N) is 1. The molecule has 1 N–H and O–H groups in total. The zero-order chi connectivity index (χ0) is 19.8. The first-order valence-electron chi connectivity index (χ1n) is 9.99. The van der Waals surface area contributed by atoms with Crippen molar-refractivity contribution in [2.45, 2.75) is 32.2 Å². The smallest absolute Gasteiger partial charge is 0.414 e. The lowest BCUT2D eigenvalue weighted by molar-refractivity contribution is -0.120. The second kappa shape index (κ2) is 7.28. The van der Waals surface area contributed by atoms with Crippen LogP contribution >= 0.6 is 0 Å². The topological polar surface area (TPSA) is 71.8 Å². The van der Waals surface area contributed by atoms with Gasteiger partial charge in [0, 0.05) is 23.2 Å². The largest absolute Gasteiger partial charge is 0.464 e. The maximum atomic E-state index is 12.5. The average molecular weight is 390 g/mol. The van der Waals surface area contributed by atoms with E-state index in [4.69, 9.17) is 9.15 Å². The minimum Gasteiger partial charge on any atom is -0.464 e. The van der Waals surface area contributed by atoms with Crippen LogP contribution in [-0.4, -0.2) is 25.2 Å². The number of anilines is 1. The van der Waals surface area contributed by atoms with E-state index in [1.54, 1.807) is 11.2 Å². The van der Waals surface area contributed by atoms with Crippen LogP contribution in [0.3, 0.4) is 0 Å². The van der Waals surface area contributed by atoms with Crippen molar-refractivity contribution in [2.24, 2.45) is 0 Å². The summed E-state index contributed by atoms with van der Waals surface area (Å²) in [6, 6.07) is 11.9. The van der Waals surface area contributed by atoms with Gasteiger partial charge in [-0.05, 0) is 60.2 Å². The minimum atomic E-state index is -0.329. The zero-order valence-electron chi connectivity index (χ0n) is 16.1.